The number of nitrogens with zero attached hydrogens (tertiary/aromatic N) is 1. The molecule has 0 saturated carbocycles. The Morgan fingerprint density at radius 3 is 2.41 bits per heavy atom. The van der Waals surface area contributed by atoms with Crippen molar-refractivity contribution >= 4 is 5.97 Å². The minimum absolute atomic E-state index is 0.232. The lowest BCUT2D eigenvalue weighted by Crippen LogP contribution is -2.23. The quantitative estimate of drug-likeness (QED) is 0.446. The minimum atomic E-state index is -0.502. The van der Waals surface area contributed by atoms with Gasteiger partial charge < -0.3 is 14.2 Å². The van der Waals surface area contributed by atoms with E-state index >= 15 is 0 Å². The van der Waals surface area contributed by atoms with E-state index < -0.39 is 5.97 Å². The van der Waals surface area contributed by atoms with Gasteiger partial charge in [0.2, 0.25) is 0 Å². The van der Waals surface area contributed by atoms with Crippen molar-refractivity contribution in [3.8, 4) is 29.6 Å². The first-order chi connectivity index (χ1) is 13.1. The number of carbonyl (C=O) groups is 1. The van der Waals surface area contributed by atoms with Gasteiger partial charge in [-0.3, -0.25) is 4.90 Å². The molecule has 5 nitrogen and oxygen atoms in total. The maximum Gasteiger partial charge on any atom is 0.351 e. The Hall–Kier alpha value is -2.97. The number of hydrogen-bond donors (Lipinski definition) is 0. The largest absolute Gasteiger partial charge is 0.496 e. The summed E-state index contributed by atoms with van der Waals surface area (Å²) in [7, 11) is 5.04. The van der Waals surface area contributed by atoms with Crippen LogP contribution in [-0.4, -0.2) is 38.7 Å². The van der Waals surface area contributed by atoms with Crippen LogP contribution >= 0.6 is 0 Å². The van der Waals surface area contributed by atoms with E-state index in [9.17, 15) is 4.79 Å². The van der Waals surface area contributed by atoms with E-state index in [0.29, 0.717) is 23.8 Å². The highest BCUT2D eigenvalue weighted by atomic mass is 16.5. The number of methoxy groups -OCH3 is 2. The second-order valence-electron chi connectivity index (χ2n) is 6.42. The van der Waals surface area contributed by atoms with E-state index in [-0.39, 0.29) is 11.6 Å². The first kappa shape index (κ1) is 18.8. The van der Waals surface area contributed by atoms with Crippen LogP contribution in [0.25, 0.3) is 0 Å². The normalized spacial score (nSPS) is 15.1. The van der Waals surface area contributed by atoms with Gasteiger partial charge in [-0.1, -0.05) is 24.1 Å². The Bertz CT molecular complexity index is 862. The van der Waals surface area contributed by atoms with E-state index in [1.54, 1.807) is 18.2 Å². The van der Waals surface area contributed by atoms with Crippen LogP contribution in [0.5, 0.6) is 17.2 Å². The lowest BCUT2D eigenvalue weighted by molar-refractivity contribution is 0.0726. The van der Waals surface area contributed by atoms with Crippen molar-refractivity contribution in [2.45, 2.75) is 18.9 Å². The lowest BCUT2D eigenvalue weighted by Gasteiger charge is -2.23. The van der Waals surface area contributed by atoms with Gasteiger partial charge >= 0.3 is 5.97 Å². The average Bonchev–Trinajstić information content (AvgIpc) is 3.12. The van der Waals surface area contributed by atoms with Crippen LogP contribution in [0.4, 0.5) is 0 Å². The first-order valence-electron chi connectivity index (χ1n) is 8.79. The van der Waals surface area contributed by atoms with Crippen LogP contribution in [0, 0.1) is 12.3 Å². The van der Waals surface area contributed by atoms with Crippen molar-refractivity contribution in [1.29, 1.82) is 0 Å². The standard InChI is InChI=1S/C22H23NO4/c1-5-14-23(2)17-13-12-16-15(17)8-6-9-18(16)27-22(24)21-19(25-3)10-7-11-20(21)26-4/h1,6-11,17H,12-14H2,2-4H3. The molecule has 0 saturated heterocycles. The number of terminal acetylenes is 1. The molecular weight excluding hydrogens is 342 g/mol. The van der Waals surface area contributed by atoms with E-state index in [1.807, 2.05) is 19.2 Å². The van der Waals surface area contributed by atoms with Crippen LogP contribution in [-0.2, 0) is 6.42 Å². The Balaban J connectivity index is 1.91. The van der Waals surface area contributed by atoms with Crippen LogP contribution in [0.2, 0.25) is 0 Å². The summed E-state index contributed by atoms with van der Waals surface area (Å²) in [5, 5.41) is 0. The highest BCUT2D eigenvalue weighted by molar-refractivity contribution is 5.97. The summed E-state index contributed by atoms with van der Waals surface area (Å²) in [6.07, 6.45) is 7.23. The van der Waals surface area contributed by atoms with Gasteiger partial charge in [-0.25, -0.2) is 4.79 Å². The van der Waals surface area contributed by atoms with E-state index in [4.69, 9.17) is 20.6 Å². The van der Waals surface area contributed by atoms with Crippen molar-refractivity contribution in [1.82, 2.24) is 4.90 Å². The smallest absolute Gasteiger partial charge is 0.351 e. The number of carbonyl (C=O) groups excluding carboxylic acids is 1. The summed E-state index contributed by atoms with van der Waals surface area (Å²) in [6.45, 7) is 0.576. The molecule has 1 atom stereocenters. The van der Waals surface area contributed by atoms with Gasteiger partial charge in [0, 0.05) is 6.04 Å². The van der Waals surface area contributed by atoms with Crippen molar-refractivity contribution in [3.05, 3.63) is 53.1 Å². The summed E-state index contributed by atoms with van der Waals surface area (Å²) < 4.78 is 16.4. The number of fused-ring (bicyclic) bond motifs is 1. The Labute approximate surface area is 159 Å². The molecule has 0 N–H and O–H groups in total. The molecule has 0 spiro atoms. The summed E-state index contributed by atoms with van der Waals surface area (Å²) in [6, 6.07) is 11.2. The average molecular weight is 365 g/mol. The van der Waals surface area contributed by atoms with Gasteiger partial charge in [-0.15, -0.1) is 6.42 Å². The number of benzene rings is 2. The summed E-state index contributed by atoms with van der Waals surface area (Å²) in [4.78, 5) is 15.0. The Morgan fingerprint density at radius 1 is 1.15 bits per heavy atom. The number of esters is 1. The third kappa shape index (κ3) is 3.62. The van der Waals surface area contributed by atoms with Crippen LogP contribution in [0.1, 0.15) is 33.9 Å². The zero-order valence-corrected chi connectivity index (χ0v) is 15.8. The molecule has 0 fully saturated rings. The van der Waals surface area contributed by atoms with Crippen molar-refractivity contribution in [2.24, 2.45) is 0 Å². The maximum absolute atomic E-state index is 12.9. The SMILES string of the molecule is C#CCN(C)C1CCc2c(OC(=O)c3c(OC)cccc3OC)cccc21. The van der Waals surface area contributed by atoms with E-state index in [1.165, 1.54) is 14.2 Å². The lowest BCUT2D eigenvalue weighted by atomic mass is 10.1. The molecule has 5 heteroatoms. The summed E-state index contributed by atoms with van der Waals surface area (Å²) in [5.74, 6) is 3.58. The maximum atomic E-state index is 12.9. The Kier molecular flexibility index (Phi) is 5.68. The fourth-order valence-electron chi connectivity index (χ4n) is 3.61. The molecule has 1 unspecified atom stereocenters. The molecule has 27 heavy (non-hydrogen) atoms. The second-order valence-corrected chi connectivity index (χ2v) is 6.42. The highest BCUT2D eigenvalue weighted by Gasteiger charge is 2.29. The predicted octanol–water partition coefficient (Wildman–Crippen LogP) is 3.48. The zero-order valence-electron chi connectivity index (χ0n) is 15.8. The summed E-state index contributed by atoms with van der Waals surface area (Å²) >= 11 is 0. The van der Waals surface area contributed by atoms with Crippen molar-refractivity contribution in [2.75, 3.05) is 27.8 Å². The van der Waals surface area contributed by atoms with E-state index in [0.717, 1.165) is 24.0 Å². The molecule has 0 radical (unpaired) electrons. The van der Waals surface area contributed by atoms with Crippen LogP contribution in [0.3, 0.4) is 0 Å². The second kappa shape index (κ2) is 8.15. The molecule has 2 aromatic carbocycles. The molecule has 2 aromatic rings. The topological polar surface area (TPSA) is 48.0 Å². The third-order valence-electron chi connectivity index (χ3n) is 4.90. The molecule has 1 aliphatic carbocycles. The zero-order chi connectivity index (χ0) is 19.4. The van der Waals surface area contributed by atoms with Crippen LogP contribution < -0.4 is 14.2 Å². The summed E-state index contributed by atoms with van der Waals surface area (Å²) in [5.41, 5.74) is 2.48. The molecule has 140 valence electrons. The van der Waals surface area contributed by atoms with Crippen molar-refractivity contribution in [3.63, 3.8) is 0 Å². The number of hydrogen-bond acceptors (Lipinski definition) is 5. The number of rotatable bonds is 6. The van der Waals surface area contributed by atoms with Gasteiger partial charge in [0.25, 0.3) is 0 Å². The molecular formula is C22H23NO4. The molecule has 0 aromatic heterocycles. The minimum Gasteiger partial charge on any atom is -0.496 e. The van der Waals surface area contributed by atoms with Crippen LogP contribution in [0.15, 0.2) is 36.4 Å². The van der Waals surface area contributed by atoms with Gasteiger partial charge in [0.05, 0.1) is 20.8 Å². The number of ether oxygens (including phenoxy) is 3. The predicted molar refractivity (Wildman–Crippen MR) is 103 cm³/mol. The first-order valence-corrected chi connectivity index (χ1v) is 8.79. The Morgan fingerprint density at radius 2 is 1.78 bits per heavy atom. The third-order valence-corrected chi connectivity index (χ3v) is 4.90. The van der Waals surface area contributed by atoms with E-state index in [2.05, 4.69) is 16.9 Å². The monoisotopic (exact) mass is 365 g/mol. The van der Waals surface area contributed by atoms with Gasteiger partial charge in [0.1, 0.15) is 22.8 Å². The molecule has 0 amide bonds. The van der Waals surface area contributed by atoms with Crippen molar-refractivity contribution < 1.29 is 19.0 Å². The molecule has 1 aliphatic rings. The van der Waals surface area contributed by atoms with Gasteiger partial charge in [-0.05, 0) is 49.2 Å². The highest BCUT2D eigenvalue weighted by Crippen LogP contribution is 2.40. The van der Waals surface area contributed by atoms with Gasteiger partial charge in [-0.2, -0.15) is 0 Å². The molecule has 0 heterocycles. The fourth-order valence-corrected chi connectivity index (χ4v) is 3.61. The van der Waals surface area contributed by atoms with Gasteiger partial charge in [0.15, 0.2) is 0 Å². The fraction of sp³-hybridized carbons (Fsp3) is 0.318. The molecule has 0 aliphatic heterocycles. The molecule has 3 rings (SSSR count). The molecule has 0 bridgehead atoms.